The van der Waals surface area contributed by atoms with Gasteiger partial charge in [-0.05, 0) is 30.7 Å². The lowest BCUT2D eigenvalue weighted by Gasteiger charge is -2.08. The molecule has 0 aliphatic heterocycles. The van der Waals surface area contributed by atoms with Crippen LogP contribution in [0.15, 0.2) is 57.6 Å². The average molecular weight is 330 g/mol. The number of amides is 1. The largest absolute Gasteiger partial charge is 0.463 e. The summed E-state index contributed by atoms with van der Waals surface area (Å²) >= 11 is 3.40. The van der Waals surface area contributed by atoms with Crippen molar-refractivity contribution in [2.45, 2.75) is 6.92 Å². The van der Waals surface area contributed by atoms with Crippen LogP contribution in [0.2, 0.25) is 0 Å². The molecule has 100 valence electrons. The van der Waals surface area contributed by atoms with Gasteiger partial charge in [-0.3, -0.25) is 4.79 Å². The molecule has 0 saturated heterocycles. The number of hydrogen-bond acceptors (Lipinski definition) is 2. The monoisotopic (exact) mass is 329 g/mol. The topological polar surface area (TPSA) is 42.2 Å². The molecule has 1 aromatic heterocycles. The van der Waals surface area contributed by atoms with Crippen molar-refractivity contribution in [3.63, 3.8) is 0 Å². The fourth-order valence-corrected chi connectivity index (χ4v) is 2.43. The van der Waals surface area contributed by atoms with Gasteiger partial charge in [-0.2, -0.15) is 0 Å². The SMILES string of the molecule is Cc1ccc(Br)cc1NC(=O)c1coc2ccccc12. The molecule has 1 amide bonds. The normalized spacial score (nSPS) is 10.7. The van der Waals surface area contributed by atoms with E-state index in [-0.39, 0.29) is 5.91 Å². The van der Waals surface area contributed by atoms with E-state index in [9.17, 15) is 4.79 Å². The van der Waals surface area contributed by atoms with Crippen LogP contribution < -0.4 is 5.32 Å². The molecule has 0 fully saturated rings. The smallest absolute Gasteiger partial charge is 0.259 e. The number of benzene rings is 2. The van der Waals surface area contributed by atoms with Crippen molar-refractivity contribution in [3.8, 4) is 0 Å². The molecule has 0 aliphatic rings. The van der Waals surface area contributed by atoms with Gasteiger partial charge in [-0.1, -0.05) is 40.2 Å². The Bertz CT molecular complexity index is 792. The molecule has 1 heterocycles. The van der Waals surface area contributed by atoms with E-state index >= 15 is 0 Å². The van der Waals surface area contributed by atoms with Gasteiger partial charge < -0.3 is 9.73 Å². The van der Waals surface area contributed by atoms with Crippen molar-refractivity contribution < 1.29 is 9.21 Å². The van der Waals surface area contributed by atoms with Crippen LogP contribution in [0.25, 0.3) is 11.0 Å². The van der Waals surface area contributed by atoms with Crippen LogP contribution in [0.3, 0.4) is 0 Å². The van der Waals surface area contributed by atoms with E-state index in [1.807, 2.05) is 49.4 Å². The third kappa shape index (κ3) is 2.34. The fourth-order valence-electron chi connectivity index (χ4n) is 2.07. The van der Waals surface area contributed by atoms with Crippen molar-refractivity contribution >= 4 is 38.5 Å². The number of anilines is 1. The second-order valence-corrected chi connectivity index (χ2v) is 5.47. The summed E-state index contributed by atoms with van der Waals surface area (Å²) in [5.74, 6) is -0.170. The van der Waals surface area contributed by atoms with Gasteiger partial charge in [0.05, 0.1) is 5.56 Å². The minimum atomic E-state index is -0.170. The first-order chi connectivity index (χ1) is 9.65. The first kappa shape index (κ1) is 12.9. The molecule has 0 bridgehead atoms. The molecule has 0 saturated carbocycles. The van der Waals surface area contributed by atoms with E-state index in [2.05, 4.69) is 21.2 Å². The Morgan fingerprint density at radius 3 is 2.85 bits per heavy atom. The Kier molecular flexibility index (Phi) is 3.32. The van der Waals surface area contributed by atoms with Gasteiger partial charge in [0.2, 0.25) is 0 Å². The summed E-state index contributed by atoms with van der Waals surface area (Å²) in [6, 6.07) is 13.3. The number of para-hydroxylation sites is 1. The lowest BCUT2D eigenvalue weighted by molar-refractivity contribution is 0.102. The Balaban J connectivity index is 1.95. The summed E-state index contributed by atoms with van der Waals surface area (Å²) in [5, 5.41) is 3.73. The Hall–Kier alpha value is -2.07. The third-order valence-electron chi connectivity index (χ3n) is 3.17. The number of halogens is 1. The van der Waals surface area contributed by atoms with E-state index in [4.69, 9.17) is 4.42 Å². The lowest BCUT2D eigenvalue weighted by atomic mass is 10.1. The van der Waals surface area contributed by atoms with Gasteiger partial charge in [0.15, 0.2) is 0 Å². The zero-order chi connectivity index (χ0) is 14.1. The van der Waals surface area contributed by atoms with Gasteiger partial charge in [0.1, 0.15) is 11.8 Å². The first-order valence-corrected chi connectivity index (χ1v) is 6.98. The third-order valence-corrected chi connectivity index (χ3v) is 3.67. The van der Waals surface area contributed by atoms with Crippen molar-refractivity contribution in [1.82, 2.24) is 0 Å². The number of rotatable bonds is 2. The summed E-state index contributed by atoms with van der Waals surface area (Å²) in [7, 11) is 0. The van der Waals surface area contributed by atoms with Crippen LogP contribution in [0.1, 0.15) is 15.9 Å². The molecule has 1 N–H and O–H groups in total. The van der Waals surface area contributed by atoms with Crippen LogP contribution >= 0.6 is 15.9 Å². The molecule has 3 aromatic rings. The summed E-state index contributed by atoms with van der Waals surface area (Å²) < 4.78 is 6.32. The van der Waals surface area contributed by atoms with Gasteiger partial charge in [0.25, 0.3) is 5.91 Å². The minimum Gasteiger partial charge on any atom is -0.463 e. The Morgan fingerprint density at radius 2 is 2.00 bits per heavy atom. The minimum absolute atomic E-state index is 0.170. The number of carbonyl (C=O) groups is 1. The number of furan rings is 1. The highest BCUT2D eigenvalue weighted by Gasteiger charge is 2.14. The molecule has 3 nitrogen and oxygen atoms in total. The van der Waals surface area contributed by atoms with Crippen LogP contribution in [0.5, 0.6) is 0 Å². The van der Waals surface area contributed by atoms with Crippen molar-refractivity contribution in [2.75, 3.05) is 5.32 Å². The highest BCUT2D eigenvalue weighted by atomic mass is 79.9. The first-order valence-electron chi connectivity index (χ1n) is 6.19. The van der Waals surface area contributed by atoms with E-state index in [1.165, 1.54) is 6.26 Å². The molecule has 0 atom stereocenters. The Morgan fingerprint density at radius 1 is 1.20 bits per heavy atom. The highest BCUT2D eigenvalue weighted by molar-refractivity contribution is 9.10. The van der Waals surface area contributed by atoms with Crippen molar-refractivity contribution in [1.29, 1.82) is 0 Å². The van der Waals surface area contributed by atoms with Crippen molar-refractivity contribution in [2.24, 2.45) is 0 Å². The average Bonchev–Trinajstić information content (AvgIpc) is 2.87. The molecular formula is C16H12BrNO2. The standard InChI is InChI=1S/C16H12BrNO2/c1-10-6-7-11(17)8-14(10)18-16(19)13-9-20-15-5-3-2-4-12(13)15/h2-9H,1H3,(H,18,19). The number of fused-ring (bicyclic) bond motifs is 1. The van der Waals surface area contributed by atoms with Gasteiger partial charge in [0, 0.05) is 15.5 Å². The van der Waals surface area contributed by atoms with Crippen molar-refractivity contribution in [3.05, 3.63) is 64.3 Å². The maximum atomic E-state index is 12.4. The van der Waals surface area contributed by atoms with E-state index in [1.54, 1.807) is 0 Å². The fraction of sp³-hybridized carbons (Fsp3) is 0.0625. The second-order valence-electron chi connectivity index (χ2n) is 4.56. The van der Waals surface area contributed by atoms with Crippen LogP contribution in [0, 0.1) is 6.92 Å². The molecule has 0 spiro atoms. The second kappa shape index (κ2) is 5.13. The van der Waals surface area contributed by atoms with Crippen LogP contribution in [-0.4, -0.2) is 5.91 Å². The predicted molar refractivity (Wildman–Crippen MR) is 83.0 cm³/mol. The summed E-state index contributed by atoms with van der Waals surface area (Å²) in [5.41, 5.74) is 3.05. The zero-order valence-corrected chi connectivity index (χ0v) is 12.4. The lowest BCUT2D eigenvalue weighted by Crippen LogP contribution is -2.12. The molecule has 0 radical (unpaired) electrons. The van der Waals surface area contributed by atoms with Gasteiger partial charge >= 0.3 is 0 Å². The number of nitrogens with one attached hydrogen (secondary N) is 1. The van der Waals surface area contributed by atoms with Gasteiger partial charge in [-0.25, -0.2) is 0 Å². The maximum absolute atomic E-state index is 12.4. The predicted octanol–water partition coefficient (Wildman–Crippen LogP) is 4.76. The number of carbonyl (C=O) groups excluding carboxylic acids is 1. The molecule has 0 unspecified atom stereocenters. The molecule has 2 aromatic carbocycles. The van der Waals surface area contributed by atoms with Crippen LogP contribution in [-0.2, 0) is 0 Å². The quantitative estimate of drug-likeness (QED) is 0.736. The summed E-state index contributed by atoms with van der Waals surface area (Å²) in [4.78, 5) is 12.4. The molecule has 3 rings (SSSR count). The van der Waals surface area contributed by atoms with Crippen LogP contribution in [0.4, 0.5) is 5.69 Å². The Labute approximate surface area is 124 Å². The van der Waals surface area contributed by atoms with Gasteiger partial charge in [-0.15, -0.1) is 0 Å². The van der Waals surface area contributed by atoms with E-state index < -0.39 is 0 Å². The molecule has 20 heavy (non-hydrogen) atoms. The van der Waals surface area contributed by atoms with E-state index in [0.717, 1.165) is 21.1 Å². The van der Waals surface area contributed by atoms with E-state index in [0.29, 0.717) is 11.1 Å². The number of aryl methyl sites for hydroxylation is 1. The molecule has 0 aliphatic carbocycles. The molecular weight excluding hydrogens is 318 g/mol. The summed E-state index contributed by atoms with van der Waals surface area (Å²) in [6.45, 7) is 1.95. The maximum Gasteiger partial charge on any atom is 0.259 e. The highest BCUT2D eigenvalue weighted by Crippen LogP contribution is 2.24. The summed E-state index contributed by atoms with van der Waals surface area (Å²) in [6.07, 6.45) is 1.49. The number of hydrogen-bond donors (Lipinski definition) is 1. The zero-order valence-electron chi connectivity index (χ0n) is 10.8. The molecule has 4 heteroatoms.